The highest BCUT2D eigenvalue weighted by Crippen LogP contribution is 2.09. The first-order valence-electron chi connectivity index (χ1n) is 5.51. The minimum absolute atomic E-state index is 0.796. The molecule has 83 valence electrons. The number of hydrogen-bond donors (Lipinski definition) is 0. The molecule has 0 saturated carbocycles. The molecule has 0 spiro atoms. The zero-order chi connectivity index (χ0) is 10.8. The maximum atomic E-state index is 5.55. The van der Waals surface area contributed by atoms with Crippen LogP contribution in [0, 0.1) is 6.07 Å². The van der Waals surface area contributed by atoms with Crippen molar-refractivity contribution in [3.8, 4) is 5.75 Å². The Morgan fingerprint density at radius 2 is 1.93 bits per heavy atom. The van der Waals surface area contributed by atoms with Crippen LogP contribution in [0.25, 0.3) is 0 Å². The lowest BCUT2D eigenvalue weighted by molar-refractivity contribution is 0.191. The van der Waals surface area contributed by atoms with Gasteiger partial charge in [-0.15, -0.1) is 0 Å². The van der Waals surface area contributed by atoms with Crippen molar-refractivity contribution in [2.45, 2.75) is 25.7 Å². The molecule has 0 N–H and O–H groups in total. The van der Waals surface area contributed by atoms with Gasteiger partial charge in [-0.25, -0.2) is 0 Å². The fraction of sp³-hybridized carbons (Fsp3) is 0.538. The first-order valence-corrected chi connectivity index (χ1v) is 5.51. The summed E-state index contributed by atoms with van der Waals surface area (Å²) < 4.78 is 10.5. The Hall–Kier alpha value is -1.02. The second-order valence-corrected chi connectivity index (χ2v) is 3.49. The molecular formula is C13H19O2. The summed E-state index contributed by atoms with van der Waals surface area (Å²) in [4.78, 5) is 0. The van der Waals surface area contributed by atoms with Gasteiger partial charge in [0.2, 0.25) is 0 Å². The Balaban J connectivity index is 1.93. The molecule has 1 aromatic carbocycles. The van der Waals surface area contributed by atoms with Crippen LogP contribution in [0.4, 0.5) is 0 Å². The van der Waals surface area contributed by atoms with Crippen LogP contribution in [-0.2, 0) is 4.74 Å². The minimum Gasteiger partial charge on any atom is -0.494 e. The fourth-order valence-electron chi connectivity index (χ4n) is 1.36. The van der Waals surface area contributed by atoms with Crippen molar-refractivity contribution in [3.05, 3.63) is 30.3 Å². The highest BCUT2D eigenvalue weighted by molar-refractivity contribution is 5.19. The van der Waals surface area contributed by atoms with Crippen molar-refractivity contribution < 1.29 is 9.47 Å². The van der Waals surface area contributed by atoms with Crippen LogP contribution < -0.4 is 4.74 Å². The molecule has 0 aliphatic heterocycles. The number of benzene rings is 1. The lowest BCUT2D eigenvalue weighted by Crippen LogP contribution is -1.97. The first kappa shape index (κ1) is 12.1. The lowest BCUT2D eigenvalue weighted by Gasteiger charge is -2.05. The van der Waals surface area contributed by atoms with Gasteiger partial charge in [0.1, 0.15) is 5.75 Å². The molecule has 0 aliphatic carbocycles. The average molecular weight is 207 g/mol. The van der Waals surface area contributed by atoms with Gasteiger partial charge < -0.3 is 9.47 Å². The topological polar surface area (TPSA) is 18.5 Å². The predicted molar refractivity (Wildman–Crippen MR) is 61.1 cm³/mol. The largest absolute Gasteiger partial charge is 0.494 e. The summed E-state index contributed by atoms with van der Waals surface area (Å²) in [6, 6.07) is 10.6. The molecule has 2 heteroatoms. The SMILES string of the molecule is COCCCCCCOc1c[c]ccc1. The van der Waals surface area contributed by atoms with Gasteiger partial charge in [0, 0.05) is 13.7 Å². The summed E-state index contributed by atoms with van der Waals surface area (Å²) in [6.45, 7) is 1.67. The van der Waals surface area contributed by atoms with E-state index in [1.807, 2.05) is 24.3 Å². The van der Waals surface area contributed by atoms with Crippen molar-refractivity contribution in [2.24, 2.45) is 0 Å². The van der Waals surface area contributed by atoms with E-state index in [2.05, 4.69) is 6.07 Å². The monoisotopic (exact) mass is 207 g/mol. The molecule has 0 bridgehead atoms. The van der Waals surface area contributed by atoms with Crippen molar-refractivity contribution in [3.63, 3.8) is 0 Å². The van der Waals surface area contributed by atoms with Crippen LogP contribution in [0.1, 0.15) is 25.7 Å². The van der Waals surface area contributed by atoms with E-state index in [1.165, 1.54) is 12.8 Å². The summed E-state index contributed by atoms with van der Waals surface area (Å²) in [5.41, 5.74) is 0. The molecule has 1 radical (unpaired) electrons. The smallest absolute Gasteiger partial charge is 0.119 e. The van der Waals surface area contributed by atoms with Gasteiger partial charge in [-0.05, 0) is 37.5 Å². The molecule has 1 aromatic rings. The van der Waals surface area contributed by atoms with Gasteiger partial charge in [-0.2, -0.15) is 0 Å². The highest BCUT2D eigenvalue weighted by Gasteiger charge is 1.92. The van der Waals surface area contributed by atoms with Gasteiger partial charge in [-0.3, -0.25) is 0 Å². The molecule has 0 atom stereocenters. The highest BCUT2D eigenvalue weighted by atomic mass is 16.5. The summed E-state index contributed by atoms with van der Waals surface area (Å²) in [7, 11) is 1.75. The van der Waals surface area contributed by atoms with Crippen molar-refractivity contribution >= 4 is 0 Å². The van der Waals surface area contributed by atoms with Crippen LogP contribution in [0.15, 0.2) is 24.3 Å². The molecule has 0 heterocycles. The van der Waals surface area contributed by atoms with Crippen molar-refractivity contribution in [2.75, 3.05) is 20.3 Å². The number of ether oxygens (including phenoxy) is 2. The van der Waals surface area contributed by atoms with Crippen LogP contribution in [0.2, 0.25) is 0 Å². The second-order valence-electron chi connectivity index (χ2n) is 3.49. The molecule has 2 nitrogen and oxygen atoms in total. The third-order valence-corrected chi connectivity index (χ3v) is 2.19. The Kier molecular flexibility index (Phi) is 6.67. The van der Waals surface area contributed by atoms with E-state index in [9.17, 15) is 0 Å². The Morgan fingerprint density at radius 1 is 1.13 bits per heavy atom. The van der Waals surface area contributed by atoms with Crippen LogP contribution in [0.5, 0.6) is 5.75 Å². The zero-order valence-corrected chi connectivity index (χ0v) is 9.37. The lowest BCUT2D eigenvalue weighted by atomic mass is 10.2. The zero-order valence-electron chi connectivity index (χ0n) is 9.37. The summed E-state index contributed by atoms with van der Waals surface area (Å²) in [5.74, 6) is 0.911. The second kappa shape index (κ2) is 8.30. The fourth-order valence-corrected chi connectivity index (χ4v) is 1.36. The van der Waals surface area contributed by atoms with E-state index in [1.54, 1.807) is 7.11 Å². The summed E-state index contributed by atoms with van der Waals surface area (Å²) in [5, 5.41) is 0. The maximum absolute atomic E-state index is 5.55. The number of hydrogen-bond acceptors (Lipinski definition) is 2. The third kappa shape index (κ3) is 6.13. The van der Waals surface area contributed by atoms with Crippen molar-refractivity contribution in [1.29, 1.82) is 0 Å². The molecule has 0 fully saturated rings. The molecule has 15 heavy (non-hydrogen) atoms. The number of rotatable bonds is 8. The average Bonchev–Trinajstić information content (AvgIpc) is 2.29. The summed E-state index contributed by atoms with van der Waals surface area (Å²) in [6.07, 6.45) is 4.69. The molecule has 0 unspecified atom stereocenters. The van der Waals surface area contributed by atoms with E-state index in [0.29, 0.717) is 0 Å². The van der Waals surface area contributed by atoms with E-state index in [4.69, 9.17) is 9.47 Å². The van der Waals surface area contributed by atoms with Gasteiger partial charge in [0.05, 0.1) is 6.61 Å². The number of methoxy groups -OCH3 is 1. The van der Waals surface area contributed by atoms with Gasteiger partial charge in [0.25, 0.3) is 0 Å². The summed E-state index contributed by atoms with van der Waals surface area (Å²) >= 11 is 0. The Labute approximate surface area is 92.2 Å². The molecule has 0 aliphatic rings. The van der Waals surface area contributed by atoms with Crippen LogP contribution >= 0.6 is 0 Å². The molecule has 0 aromatic heterocycles. The Morgan fingerprint density at radius 3 is 2.60 bits per heavy atom. The minimum atomic E-state index is 0.796. The van der Waals surface area contributed by atoms with Crippen LogP contribution in [-0.4, -0.2) is 20.3 Å². The standard InChI is InChI=1S/C13H19O2/c1-14-11-7-2-3-8-12-15-13-9-5-4-6-10-13/h4-5,9-10H,2-3,7-8,11-12H2,1H3. The molecule has 0 saturated heterocycles. The van der Waals surface area contributed by atoms with Gasteiger partial charge in [0.15, 0.2) is 0 Å². The van der Waals surface area contributed by atoms with E-state index < -0.39 is 0 Å². The quantitative estimate of drug-likeness (QED) is 0.610. The number of unbranched alkanes of at least 4 members (excludes halogenated alkanes) is 3. The van der Waals surface area contributed by atoms with E-state index in [0.717, 1.165) is 31.8 Å². The van der Waals surface area contributed by atoms with E-state index >= 15 is 0 Å². The molecular weight excluding hydrogens is 188 g/mol. The predicted octanol–water partition coefficient (Wildman–Crippen LogP) is 3.07. The van der Waals surface area contributed by atoms with Gasteiger partial charge >= 0.3 is 0 Å². The van der Waals surface area contributed by atoms with Crippen LogP contribution in [0.3, 0.4) is 0 Å². The Bertz CT molecular complexity index is 234. The van der Waals surface area contributed by atoms with E-state index in [-0.39, 0.29) is 0 Å². The third-order valence-electron chi connectivity index (χ3n) is 2.19. The first-order chi connectivity index (χ1) is 7.43. The molecule has 0 amide bonds. The van der Waals surface area contributed by atoms with Crippen molar-refractivity contribution in [1.82, 2.24) is 0 Å². The maximum Gasteiger partial charge on any atom is 0.119 e. The molecule has 1 rings (SSSR count). The van der Waals surface area contributed by atoms with Gasteiger partial charge in [-0.1, -0.05) is 18.6 Å². The normalized spacial score (nSPS) is 10.2.